The molecule has 0 unspecified atom stereocenters. The summed E-state index contributed by atoms with van der Waals surface area (Å²) in [5, 5.41) is 2.72. The lowest BCUT2D eigenvalue weighted by Gasteiger charge is -2.30. The number of ether oxygens (including phenoxy) is 2. The lowest BCUT2D eigenvalue weighted by Crippen LogP contribution is -2.51. The van der Waals surface area contributed by atoms with Gasteiger partial charge in [-0.15, -0.1) is 0 Å². The number of carbonyl (C=O) groups is 3. The number of alkyl carbamates (subject to hydrolysis) is 1. The van der Waals surface area contributed by atoms with Gasteiger partial charge in [0.25, 0.3) is 0 Å². The van der Waals surface area contributed by atoms with Gasteiger partial charge < -0.3 is 34.6 Å². The molecule has 2 aliphatic heterocycles. The van der Waals surface area contributed by atoms with Gasteiger partial charge in [0.2, 0.25) is 5.91 Å². The number of anilines is 2. The molecule has 2 saturated heterocycles. The van der Waals surface area contributed by atoms with Crippen molar-refractivity contribution in [1.29, 1.82) is 0 Å². The molecule has 7 rings (SSSR count). The minimum absolute atomic E-state index is 0.117. The number of amides is 3. The third kappa shape index (κ3) is 8.58. The van der Waals surface area contributed by atoms with Crippen LogP contribution in [0.4, 0.5) is 21.0 Å². The molecule has 2 fully saturated rings. The Balaban J connectivity index is 1.14. The number of rotatable bonds is 10. The maximum Gasteiger partial charge on any atom is 0.410 e. The Morgan fingerprint density at radius 2 is 1.38 bits per heavy atom. The summed E-state index contributed by atoms with van der Waals surface area (Å²) in [6, 6.07) is 24.0. The number of carbonyl (C=O) groups excluding carboxylic acids is 3. The number of para-hydroxylation sites is 1. The van der Waals surface area contributed by atoms with E-state index in [1.54, 1.807) is 4.90 Å². The predicted molar refractivity (Wildman–Crippen MR) is 224 cm³/mol. The molecular formula is C45H54N8O5. The number of benzene rings is 3. The average molecular weight is 787 g/mol. The molecule has 0 aliphatic carbocycles. The Morgan fingerprint density at radius 3 is 1.98 bits per heavy atom. The van der Waals surface area contributed by atoms with E-state index in [4.69, 9.17) is 19.4 Å². The Bertz CT molecular complexity index is 2220. The monoisotopic (exact) mass is 786 g/mol. The van der Waals surface area contributed by atoms with Crippen LogP contribution in [0.3, 0.4) is 0 Å². The number of hydrogen-bond donors (Lipinski definition) is 3. The van der Waals surface area contributed by atoms with Gasteiger partial charge in [-0.3, -0.25) is 9.69 Å². The van der Waals surface area contributed by atoms with E-state index >= 15 is 0 Å². The topological polar surface area (TPSA) is 149 Å². The first kappa shape index (κ1) is 40.1. The number of aromatic nitrogens is 4. The Hall–Kier alpha value is -6.11. The fourth-order valence-corrected chi connectivity index (χ4v) is 7.93. The number of H-pyrrole nitrogens is 2. The molecule has 2 aromatic heterocycles. The molecule has 13 nitrogen and oxygen atoms in total. The zero-order valence-corrected chi connectivity index (χ0v) is 34.4. The zero-order chi connectivity index (χ0) is 41.1. The van der Waals surface area contributed by atoms with Gasteiger partial charge in [0.1, 0.15) is 23.3 Å². The van der Waals surface area contributed by atoms with E-state index in [0.717, 1.165) is 76.5 Å². The van der Waals surface area contributed by atoms with Gasteiger partial charge in [-0.1, -0.05) is 68.4 Å². The second kappa shape index (κ2) is 16.8. The third-order valence-corrected chi connectivity index (χ3v) is 11.0. The SMILES string of the molecule is COC(=O)N[C@H](C(=O)N1CCC[C@H]1c1ncc(-c2ccc(-c3ccc(-c4cnc([C@@H]5CCCN5C(=O)OC(C)(C)C)[nH]4)cc3)c(N(C)c3ccccc3)c2)[nH]1)C(C)C. The second-order valence-corrected chi connectivity index (χ2v) is 16.4. The molecule has 3 atom stereocenters. The maximum absolute atomic E-state index is 13.7. The van der Waals surface area contributed by atoms with E-state index in [0.29, 0.717) is 18.9 Å². The zero-order valence-electron chi connectivity index (χ0n) is 34.4. The van der Waals surface area contributed by atoms with Crippen molar-refractivity contribution in [2.24, 2.45) is 5.92 Å². The largest absolute Gasteiger partial charge is 0.453 e. The molecule has 0 bridgehead atoms. The Labute approximate surface area is 340 Å². The van der Waals surface area contributed by atoms with E-state index < -0.39 is 17.7 Å². The minimum atomic E-state index is -0.703. The highest BCUT2D eigenvalue weighted by molar-refractivity contribution is 5.87. The van der Waals surface area contributed by atoms with Crippen molar-refractivity contribution in [2.75, 3.05) is 32.1 Å². The number of methoxy groups -OCH3 is 1. The molecule has 2 aliphatic rings. The summed E-state index contributed by atoms with van der Waals surface area (Å²) >= 11 is 0. The van der Waals surface area contributed by atoms with Crippen LogP contribution in [0.2, 0.25) is 0 Å². The molecule has 3 aromatic carbocycles. The molecule has 0 saturated carbocycles. The first-order chi connectivity index (χ1) is 27.8. The van der Waals surface area contributed by atoms with E-state index in [1.807, 2.05) is 70.1 Å². The summed E-state index contributed by atoms with van der Waals surface area (Å²) < 4.78 is 10.5. The average Bonchev–Trinajstić information content (AvgIpc) is 4.06. The van der Waals surface area contributed by atoms with Crippen molar-refractivity contribution in [3.05, 3.63) is 96.8 Å². The molecule has 13 heteroatoms. The van der Waals surface area contributed by atoms with Crippen LogP contribution >= 0.6 is 0 Å². The van der Waals surface area contributed by atoms with Crippen LogP contribution in [0, 0.1) is 5.92 Å². The van der Waals surface area contributed by atoms with Crippen molar-refractivity contribution < 1.29 is 23.9 Å². The molecule has 3 N–H and O–H groups in total. The number of likely N-dealkylation sites (tertiary alicyclic amines) is 2. The van der Waals surface area contributed by atoms with Crippen LogP contribution in [0.1, 0.15) is 84.0 Å². The van der Waals surface area contributed by atoms with E-state index in [-0.39, 0.29) is 30.0 Å². The van der Waals surface area contributed by atoms with E-state index in [1.165, 1.54) is 7.11 Å². The van der Waals surface area contributed by atoms with Gasteiger partial charge in [-0.25, -0.2) is 19.6 Å². The highest BCUT2D eigenvalue weighted by Crippen LogP contribution is 2.40. The summed E-state index contributed by atoms with van der Waals surface area (Å²) in [5.41, 5.74) is 7.25. The number of nitrogens with one attached hydrogen (secondary N) is 3. The predicted octanol–water partition coefficient (Wildman–Crippen LogP) is 9.02. The van der Waals surface area contributed by atoms with Crippen molar-refractivity contribution in [3.63, 3.8) is 0 Å². The van der Waals surface area contributed by atoms with Crippen LogP contribution in [0.15, 0.2) is 85.2 Å². The second-order valence-electron chi connectivity index (χ2n) is 16.4. The molecule has 0 radical (unpaired) electrons. The van der Waals surface area contributed by atoms with Crippen LogP contribution in [-0.2, 0) is 14.3 Å². The van der Waals surface area contributed by atoms with E-state index in [2.05, 4.69) is 81.8 Å². The molecule has 4 heterocycles. The van der Waals surface area contributed by atoms with Gasteiger partial charge in [-0.2, -0.15) is 0 Å². The highest BCUT2D eigenvalue weighted by atomic mass is 16.6. The molecule has 304 valence electrons. The van der Waals surface area contributed by atoms with Crippen molar-refractivity contribution in [2.45, 2.75) is 84.0 Å². The number of hydrogen-bond acceptors (Lipinski definition) is 8. The summed E-state index contributed by atoms with van der Waals surface area (Å²) in [5.74, 6) is 1.21. The van der Waals surface area contributed by atoms with Gasteiger partial charge in [0, 0.05) is 42.6 Å². The number of aromatic amines is 2. The van der Waals surface area contributed by atoms with Crippen molar-refractivity contribution in [3.8, 4) is 33.6 Å². The Morgan fingerprint density at radius 1 is 0.810 bits per heavy atom. The Kier molecular flexibility index (Phi) is 11.6. The van der Waals surface area contributed by atoms with Crippen LogP contribution < -0.4 is 10.2 Å². The molecule has 58 heavy (non-hydrogen) atoms. The standard InChI is InChI=1S/C45H54N8O5/c1-28(2)39(50-43(55)57-7)42(54)52-23-11-15-36(52)40-47-27-35(49-40)31-21-22-33(38(25-31)51(6)32-13-9-8-10-14-32)29-17-19-30(20-18-29)34-26-46-41(48-34)37-16-12-24-53(37)44(56)58-45(3,4)5/h8-10,13-14,17-22,25-28,36-37,39H,11-12,15-16,23-24H2,1-7H3,(H,46,48)(H,47,49)(H,50,55)/t36-,37-,39-/m0/s1. The van der Waals surface area contributed by atoms with Crippen molar-refractivity contribution >= 4 is 29.5 Å². The van der Waals surface area contributed by atoms with E-state index in [9.17, 15) is 14.4 Å². The quantitative estimate of drug-likeness (QED) is 0.127. The molecule has 0 spiro atoms. The number of imidazole rings is 2. The lowest BCUT2D eigenvalue weighted by atomic mass is 9.98. The first-order valence-electron chi connectivity index (χ1n) is 20.1. The van der Waals surface area contributed by atoms with Gasteiger partial charge in [-0.05, 0) is 81.7 Å². The number of nitrogens with zero attached hydrogens (tertiary/aromatic N) is 5. The van der Waals surface area contributed by atoms with Gasteiger partial charge in [0.05, 0.1) is 43.0 Å². The summed E-state index contributed by atoms with van der Waals surface area (Å²) in [7, 11) is 3.36. The minimum Gasteiger partial charge on any atom is -0.453 e. The van der Waals surface area contributed by atoms with Gasteiger partial charge >= 0.3 is 12.2 Å². The van der Waals surface area contributed by atoms with Crippen molar-refractivity contribution in [1.82, 2.24) is 35.1 Å². The fraction of sp³-hybridized carbons (Fsp3) is 0.400. The fourth-order valence-electron chi connectivity index (χ4n) is 7.93. The summed E-state index contributed by atoms with van der Waals surface area (Å²) in [6.45, 7) is 10.7. The molecular weight excluding hydrogens is 733 g/mol. The van der Waals surface area contributed by atoms with Crippen LogP contribution in [0.5, 0.6) is 0 Å². The maximum atomic E-state index is 13.7. The van der Waals surface area contributed by atoms with Crippen LogP contribution in [0.25, 0.3) is 33.6 Å². The smallest absolute Gasteiger partial charge is 0.410 e. The van der Waals surface area contributed by atoms with Gasteiger partial charge in [0.15, 0.2) is 0 Å². The third-order valence-electron chi connectivity index (χ3n) is 11.0. The van der Waals surface area contributed by atoms with Crippen LogP contribution in [-0.4, -0.2) is 86.7 Å². The summed E-state index contributed by atoms with van der Waals surface area (Å²) in [6.07, 6.45) is 6.05. The summed E-state index contributed by atoms with van der Waals surface area (Å²) in [4.78, 5) is 61.0. The first-order valence-corrected chi connectivity index (χ1v) is 20.1. The lowest BCUT2D eigenvalue weighted by molar-refractivity contribution is -0.135. The molecule has 3 amide bonds. The highest BCUT2D eigenvalue weighted by Gasteiger charge is 2.38. The normalized spacial score (nSPS) is 17.4. The molecule has 5 aromatic rings.